The normalized spacial score (nSPS) is 11.0. The summed E-state index contributed by atoms with van der Waals surface area (Å²) in [6, 6.07) is 17.3. The van der Waals surface area contributed by atoms with Crippen LogP contribution in [0.3, 0.4) is 0 Å². The summed E-state index contributed by atoms with van der Waals surface area (Å²) < 4.78 is 11.2. The zero-order valence-corrected chi connectivity index (χ0v) is 14.5. The van der Waals surface area contributed by atoms with Crippen LogP contribution in [0, 0.1) is 0 Å². The molecule has 2 rings (SSSR count). The van der Waals surface area contributed by atoms with Crippen LogP contribution in [0.5, 0.6) is 11.5 Å². The Morgan fingerprint density at radius 3 is 2.33 bits per heavy atom. The predicted octanol–water partition coefficient (Wildman–Crippen LogP) is 3.56. The topological polar surface area (TPSA) is 47.6 Å². The molecule has 24 heavy (non-hydrogen) atoms. The molecule has 0 aliphatic carbocycles. The fourth-order valence-corrected chi connectivity index (χ4v) is 2.28. The minimum Gasteiger partial charge on any atom is -0.491 e. The molecule has 0 heterocycles. The van der Waals surface area contributed by atoms with Gasteiger partial charge in [-0.15, -0.1) is 0 Å². The number of benzene rings is 2. The second kappa shape index (κ2) is 8.39. The van der Waals surface area contributed by atoms with E-state index < -0.39 is 0 Å². The van der Waals surface area contributed by atoms with E-state index in [2.05, 4.69) is 32.2 Å². The van der Waals surface area contributed by atoms with E-state index >= 15 is 0 Å². The molecule has 4 nitrogen and oxygen atoms in total. The molecule has 0 spiro atoms. The fourth-order valence-electron chi connectivity index (χ4n) is 2.28. The first-order valence-electron chi connectivity index (χ1n) is 8.13. The molecule has 0 aromatic heterocycles. The summed E-state index contributed by atoms with van der Waals surface area (Å²) in [6.45, 7) is 7.32. The summed E-state index contributed by atoms with van der Waals surface area (Å²) >= 11 is 0. The van der Waals surface area contributed by atoms with Crippen molar-refractivity contribution in [3.8, 4) is 11.5 Å². The molecule has 0 unspecified atom stereocenters. The third kappa shape index (κ3) is 5.61. The molecule has 4 heteroatoms. The van der Waals surface area contributed by atoms with Crippen LogP contribution in [-0.4, -0.2) is 25.7 Å². The molecule has 0 atom stereocenters. The maximum Gasteiger partial charge on any atom is 0.258 e. The summed E-state index contributed by atoms with van der Waals surface area (Å²) in [4.78, 5) is 11.8. The van der Waals surface area contributed by atoms with Crippen molar-refractivity contribution >= 4 is 5.91 Å². The average molecular weight is 327 g/mol. The van der Waals surface area contributed by atoms with E-state index in [1.54, 1.807) is 0 Å². The Morgan fingerprint density at radius 1 is 0.958 bits per heavy atom. The van der Waals surface area contributed by atoms with Gasteiger partial charge in [0.25, 0.3) is 5.91 Å². The smallest absolute Gasteiger partial charge is 0.258 e. The molecule has 2 aromatic rings. The standard InChI is InChI=1S/C20H25NO3/c1-20(2,3)17-11-7-8-12-18(17)23-14-13-21-19(22)15-24-16-9-5-4-6-10-16/h4-12H,13-15H2,1-3H3,(H,21,22). The van der Waals surface area contributed by atoms with Crippen LogP contribution in [0.15, 0.2) is 54.6 Å². The van der Waals surface area contributed by atoms with Gasteiger partial charge in [-0.1, -0.05) is 57.2 Å². The van der Waals surface area contributed by atoms with E-state index in [1.807, 2.05) is 48.5 Å². The zero-order valence-electron chi connectivity index (χ0n) is 14.5. The summed E-state index contributed by atoms with van der Waals surface area (Å²) in [7, 11) is 0. The van der Waals surface area contributed by atoms with Crippen molar-refractivity contribution in [1.82, 2.24) is 5.32 Å². The number of hydrogen-bond acceptors (Lipinski definition) is 3. The summed E-state index contributed by atoms with van der Waals surface area (Å²) in [5.74, 6) is 1.38. The lowest BCUT2D eigenvalue weighted by Gasteiger charge is -2.22. The molecule has 0 fully saturated rings. The minimum atomic E-state index is -0.161. The van der Waals surface area contributed by atoms with E-state index in [9.17, 15) is 4.79 Å². The predicted molar refractivity (Wildman–Crippen MR) is 95.6 cm³/mol. The zero-order chi connectivity index (χ0) is 17.4. The first-order chi connectivity index (χ1) is 11.5. The van der Waals surface area contributed by atoms with Gasteiger partial charge in [-0.25, -0.2) is 0 Å². The highest BCUT2D eigenvalue weighted by Crippen LogP contribution is 2.30. The van der Waals surface area contributed by atoms with Crippen molar-refractivity contribution in [2.75, 3.05) is 19.8 Å². The summed E-state index contributed by atoms with van der Waals surface area (Å²) in [5, 5.41) is 2.79. The van der Waals surface area contributed by atoms with Crippen molar-refractivity contribution in [3.05, 3.63) is 60.2 Å². The third-order valence-electron chi connectivity index (χ3n) is 3.49. The number of ether oxygens (including phenoxy) is 2. The first-order valence-corrected chi connectivity index (χ1v) is 8.13. The number of rotatable bonds is 7. The van der Waals surface area contributed by atoms with E-state index in [0.717, 1.165) is 11.3 Å². The Labute approximate surface area is 143 Å². The second-order valence-corrected chi connectivity index (χ2v) is 6.55. The van der Waals surface area contributed by atoms with Gasteiger partial charge in [-0.2, -0.15) is 0 Å². The van der Waals surface area contributed by atoms with E-state index in [0.29, 0.717) is 18.9 Å². The molecule has 0 aliphatic heterocycles. The van der Waals surface area contributed by atoms with Crippen molar-refractivity contribution in [1.29, 1.82) is 0 Å². The van der Waals surface area contributed by atoms with Crippen LogP contribution in [0.4, 0.5) is 0 Å². The summed E-state index contributed by atoms with van der Waals surface area (Å²) in [5.41, 5.74) is 1.17. The fraction of sp³-hybridized carbons (Fsp3) is 0.350. The van der Waals surface area contributed by atoms with Gasteiger partial charge in [0.1, 0.15) is 18.1 Å². The molecule has 0 bridgehead atoms. The Bertz CT molecular complexity index is 647. The monoisotopic (exact) mass is 327 g/mol. The molecular formula is C20H25NO3. The lowest BCUT2D eigenvalue weighted by molar-refractivity contribution is -0.123. The van der Waals surface area contributed by atoms with Crippen LogP contribution in [0.25, 0.3) is 0 Å². The quantitative estimate of drug-likeness (QED) is 0.791. The number of carbonyl (C=O) groups excluding carboxylic acids is 1. The van der Waals surface area contributed by atoms with Gasteiger partial charge in [-0.05, 0) is 29.2 Å². The maximum absolute atomic E-state index is 11.8. The van der Waals surface area contributed by atoms with Crippen LogP contribution in [-0.2, 0) is 10.2 Å². The highest BCUT2D eigenvalue weighted by molar-refractivity contribution is 5.77. The number of amides is 1. The molecule has 1 N–H and O–H groups in total. The van der Waals surface area contributed by atoms with Crippen molar-refractivity contribution in [2.45, 2.75) is 26.2 Å². The van der Waals surface area contributed by atoms with Crippen LogP contribution < -0.4 is 14.8 Å². The lowest BCUT2D eigenvalue weighted by Crippen LogP contribution is -2.32. The first kappa shape index (κ1) is 17.9. The van der Waals surface area contributed by atoms with Crippen LogP contribution in [0.2, 0.25) is 0 Å². The van der Waals surface area contributed by atoms with Crippen molar-refractivity contribution in [2.24, 2.45) is 0 Å². The molecule has 0 saturated heterocycles. The molecule has 1 amide bonds. The van der Waals surface area contributed by atoms with Crippen LogP contribution in [0.1, 0.15) is 26.3 Å². The van der Waals surface area contributed by atoms with Gasteiger partial charge in [0.2, 0.25) is 0 Å². The lowest BCUT2D eigenvalue weighted by atomic mass is 9.86. The average Bonchev–Trinajstić information content (AvgIpc) is 2.57. The van der Waals surface area contributed by atoms with E-state index in [1.165, 1.54) is 0 Å². The van der Waals surface area contributed by atoms with Gasteiger partial charge in [-0.3, -0.25) is 4.79 Å². The highest BCUT2D eigenvalue weighted by Gasteiger charge is 2.18. The number of carbonyl (C=O) groups is 1. The van der Waals surface area contributed by atoms with Gasteiger partial charge >= 0.3 is 0 Å². The maximum atomic E-state index is 11.8. The Kier molecular flexibility index (Phi) is 6.24. The molecule has 0 saturated carbocycles. The number of hydrogen-bond donors (Lipinski definition) is 1. The van der Waals surface area contributed by atoms with Crippen molar-refractivity contribution < 1.29 is 14.3 Å². The molecule has 0 radical (unpaired) electrons. The SMILES string of the molecule is CC(C)(C)c1ccccc1OCCNC(=O)COc1ccccc1. The van der Waals surface area contributed by atoms with E-state index in [4.69, 9.17) is 9.47 Å². The van der Waals surface area contributed by atoms with Crippen LogP contribution >= 0.6 is 0 Å². The van der Waals surface area contributed by atoms with Crippen molar-refractivity contribution in [3.63, 3.8) is 0 Å². The Morgan fingerprint density at radius 2 is 1.62 bits per heavy atom. The third-order valence-corrected chi connectivity index (χ3v) is 3.49. The number of nitrogens with one attached hydrogen (secondary N) is 1. The molecular weight excluding hydrogens is 302 g/mol. The summed E-state index contributed by atoms with van der Waals surface area (Å²) in [6.07, 6.45) is 0. The number of para-hydroxylation sites is 2. The van der Waals surface area contributed by atoms with Gasteiger partial charge in [0.05, 0.1) is 6.54 Å². The Balaban J connectivity index is 1.72. The second-order valence-electron chi connectivity index (χ2n) is 6.55. The minimum absolute atomic E-state index is 0.00257. The largest absolute Gasteiger partial charge is 0.491 e. The molecule has 2 aromatic carbocycles. The molecule has 0 aliphatic rings. The van der Waals surface area contributed by atoms with Gasteiger partial charge < -0.3 is 14.8 Å². The van der Waals surface area contributed by atoms with Gasteiger partial charge in [0, 0.05) is 0 Å². The molecule has 128 valence electrons. The van der Waals surface area contributed by atoms with Gasteiger partial charge in [0.15, 0.2) is 6.61 Å². The van der Waals surface area contributed by atoms with E-state index in [-0.39, 0.29) is 17.9 Å². The Hall–Kier alpha value is -2.49. The highest BCUT2D eigenvalue weighted by atomic mass is 16.5.